The summed E-state index contributed by atoms with van der Waals surface area (Å²) in [6.45, 7) is 3.95. The van der Waals surface area contributed by atoms with E-state index in [1.165, 1.54) is 0 Å². The summed E-state index contributed by atoms with van der Waals surface area (Å²) in [6.07, 6.45) is 2.22. The maximum absolute atomic E-state index is 9.26. The zero-order chi connectivity index (χ0) is 13.6. The van der Waals surface area contributed by atoms with Gasteiger partial charge in [-0.15, -0.1) is 0 Å². The molecule has 7 nitrogen and oxygen atoms in total. The Labute approximate surface area is 110 Å². The molecule has 3 heterocycles. The molecule has 0 saturated carbocycles. The molecule has 1 fully saturated rings. The summed E-state index contributed by atoms with van der Waals surface area (Å²) in [6, 6.07) is 0. The predicted octanol–water partition coefficient (Wildman–Crippen LogP) is 0.633. The van der Waals surface area contributed by atoms with Crippen molar-refractivity contribution in [2.75, 3.05) is 12.3 Å². The molecule has 0 aliphatic carbocycles. The highest BCUT2D eigenvalue weighted by Gasteiger charge is 2.33. The van der Waals surface area contributed by atoms with Crippen molar-refractivity contribution in [3.63, 3.8) is 0 Å². The van der Waals surface area contributed by atoms with Crippen LogP contribution in [0.3, 0.4) is 0 Å². The van der Waals surface area contributed by atoms with Crippen LogP contribution in [-0.4, -0.2) is 37.3 Å². The molecular weight excluding hydrogens is 246 g/mol. The first-order valence-corrected chi connectivity index (χ1v) is 6.33. The number of aromatic nitrogens is 4. The van der Waals surface area contributed by atoms with E-state index < -0.39 is 0 Å². The number of aliphatic hydroxyl groups is 1. The van der Waals surface area contributed by atoms with E-state index in [-0.39, 0.29) is 24.9 Å². The van der Waals surface area contributed by atoms with Gasteiger partial charge < -0.3 is 15.6 Å². The van der Waals surface area contributed by atoms with Crippen molar-refractivity contribution < 1.29 is 9.84 Å². The highest BCUT2D eigenvalue weighted by atomic mass is 16.5. The first kappa shape index (κ1) is 12.3. The summed E-state index contributed by atoms with van der Waals surface area (Å²) in [5.41, 5.74) is 7.86. The van der Waals surface area contributed by atoms with Crippen LogP contribution in [0.4, 0.5) is 5.95 Å². The maximum atomic E-state index is 9.26. The lowest BCUT2D eigenvalue weighted by Gasteiger charge is -2.14. The lowest BCUT2D eigenvalue weighted by molar-refractivity contribution is -0.0277. The summed E-state index contributed by atoms with van der Waals surface area (Å²) in [7, 11) is 0. The van der Waals surface area contributed by atoms with Gasteiger partial charge in [0.1, 0.15) is 11.7 Å². The number of fused-ring (bicyclic) bond motifs is 1. The highest BCUT2D eigenvalue weighted by molar-refractivity contribution is 5.74. The Morgan fingerprint density at radius 3 is 3.00 bits per heavy atom. The molecule has 102 valence electrons. The van der Waals surface area contributed by atoms with Crippen LogP contribution in [0.5, 0.6) is 0 Å². The van der Waals surface area contributed by atoms with Gasteiger partial charge in [-0.1, -0.05) is 6.92 Å². The van der Waals surface area contributed by atoms with Gasteiger partial charge in [0.2, 0.25) is 5.95 Å². The summed E-state index contributed by atoms with van der Waals surface area (Å²) in [5.74, 6) is 0.532. The van der Waals surface area contributed by atoms with Crippen LogP contribution in [0.2, 0.25) is 0 Å². The quantitative estimate of drug-likeness (QED) is 0.824. The maximum Gasteiger partial charge on any atom is 0.222 e. The summed E-state index contributed by atoms with van der Waals surface area (Å²) < 4.78 is 7.69. The molecule has 1 aliphatic heterocycles. The Kier molecular flexibility index (Phi) is 2.87. The van der Waals surface area contributed by atoms with Crippen molar-refractivity contribution in [1.29, 1.82) is 0 Å². The molecule has 1 aliphatic rings. The Morgan fingerprint density at radius 2 is 2.32 bits per heavy atom. The standard InChI is InChI=1S/C12H17N5O2/c1-6-3-9(19-8(6)4-18)17-5-14-10-7(2)15-12(13)16-11(10)17/h5-6,8-9,18H,3-4H2,1-2H3,(H2,13,15,16). The summed E-state index contributed by atoms with van der Waals surface area (Å²) in [4.78, 5) is 12.7. The lowest BCUT2D eigenvalue weighted by atomic mass is 10.0. The molecule has 0 spiro atoms. The average molecular weight is 263 g/mol. The van der Waals surface area contributed by atoms with Gasteiger partial charge in [0, 0.05) is 0 Å². The third kappa shape index (κ3) is 1.95. The zero-order valence-corrected chi connectivity index (χ0v) is 10.9. The number of aryl methyl sites for hydroxylation is 1. The molecule has 3 atom stereocenters. The van der Waals surface area contributed by atoms with Gasteiger partial charge in [-0.05, 0) is 19.3 Å². The SMILES string of the molecule is Cc1nc(N)nc2c1ncn2C1CC(C)C(CO)O1. The third-order valence-corrected chi connectivity index (χ3v) is 3.64. The number of imidazole rings is 1. The minimum absolute atomic E-state index is 0.0282. The topological polar surface area (TPSA) is 99.1 Å². The van der Waals surface area contributed by atoms with E-state index in [1.54, 1.807) is 6.33 Å². The summed E-state index contributed by atoms with van der Waals surface area (Å²) >= 11 is 0. The van der Waals surface area contributed by atoms with E-state index in [4.69, 9.17) is 10.5 Å². The van der Waals surface area contributed by atoms with E-state index in [0.29, 0.717) is 11.6 Å². The Morgan fingerprint density at radius 1 is 1.53 bits per heavy atom. The molecule has 1 saturated heterocycles. The van der Waals surface area contributed by atoms with Crippen LogP contribution < -0.4 is 5.73 Å². The van der Waals surface area contributed by atoms with Crippen LogP contribution in [-0.2, 0) is 4.74 Å². The normalized spacial score (nSPS) is 27.2. The average Bonchev–Trinajstić information content (AvgIpc) is 2.92. The molecule has 0 amide bonds. The number of ether oxygens (including phenoxy) is 1. The number of nitrogen functional groups attached to an aromatic ring is 1. The van der Waals surface area contributed by atoms with Gasteiger partial charge in [-0.3, -0.25) is 4.57 Å². The van der Waals surface area contributed by atoms with Crippen LogP contribution in [0, 0.1) is 12.8 Å². The fraction of sp³-hybridized carbons (Fsp3) is 0.583. The van der Waals surface area contributed by atoms with Crippen LogP contribution in [0.15, 0.2) is 6.33 Å². The van der Waals surface area contributed by atoms with E-state index in [1.807, 2.05) is 11.5 Å². The van der Waals surface area contributed by atoms with Crippen LogP contribution in [0.25, 0.3) is 11.2 Å². The molecule has 2 aromatic heterocycles. The number of nitrogens with two attached hydrogens (primary N) is 1. The molecule has 0 bridgehead atoms. The van der Waals surface area contributed by atoms with Crippen molar-refractivity contribution >= 4 is 17.1 Å². The molecule has 3 N–H and O–H groups in total. The largest absolute Gasteiger partial charge is 0.394 e. The number of anilines is 1. The van der Waals surface area contributed by atoms with Gasteiger partial charge in [0.05, 0.1) is 24.7 Å². The fourth-order valence-electron chi connectivity index (χ4n) is 2.55. The smallest absolute Gasteiger partial charge is 0.222 e. The minimum atomic E-state index is -0.161. The number of hydrogen-bond acceptors (Lipinski definition) is 6. The van der Waals surface area contributed by atoms with Crippen molar-refractivity contribution in [2.45, 2.75) is 32.6 Å². The lowest BCUT2D eigenvalue weighted by Crippen LogP contribution is -2.18. The molecule has 19 heavy (non-hydrogen) atoms. The minimum Gasteiger partial charge on any atom is -0.394 e. The number of aliphatic hydroxyl groups excluding tert-OH is 1. The first-order chi connectivity index (χ1) is 9.10. The Hall–Kier alpha value is -1.73. The molecule has 0 radical (unpaired) electrons. The van der Waals surface area contributed by atoms with Crippen molar-refractivity contribution in [1.82, 2.24) is 19.5 Å². The second-order valence-electron chi connectivity index (χ2n) is 5.02. The molecular formula is C12H17N5O2. The molecule has 3 unspecified atom stereocenters. The Balaban J connectivity index is 2.02. The zero-order valence-electron chi connectivity index (χ0n) is 10.9. The number of hydrogen-bond donors (Lipinski definition) is 2. The van der Waals surface area contributed by atoms with Gasteiger partial charge in [-0.2, -0.15) is 4.98 Å². The highest BCUT2D eigenvalue weighted by Crippen LogP contribution is 2.34. The van der Waals surface area contributed by atoms with Crippen molar-refractivity contribution in [3.05, 3.63) is 12.0 Å². The Bertz CT molecular complexity index is 611. The van der Waals surface area contributed by atoms with Crippen molar-refractivity contribution in [3.8, 4) is 0 Å². The predicted molar refractivity (Wildman–Crippen MR) is 69.2 cm³/mol. The summed E-state index contributed by atoms with van der Waals surface area (Å²) in [5, 5.41) is 9.26. The second-order valence-corrected chi connectivity index (χ2v) is 5.02. The first-order valence-electron chi connectivity index (χ1n) is 6.33. The van der Waals surface area contributed by atoms with E-state index in [2.05, 4.69) is 21.9 Å². The fourth-order valence-corrected chi connectivity index (χ4v) is 2.55. The van der Waals surface area contributed by atoms with E-state index in [9.17, 15) is 5.11 Å². The number of nitrogens with zero attached hydrogens (tertiary/aromatic N) is 4. The van der Waals surface area contributed by atoms with Crippen LogP contribution >= 0.6 is 0 Å². The molecule has 2 aromatic rings. The van der Waals surface area contributed by atoms with Gasteiger partial charge in [0.15, 0.2) is 5.65 Å². The third-order valence-electron chi connectivity index (χ3n) is 3.64. The van der Waals surface area contributed by atoms with E-state index >= 15 is 0 Å². The van der Waals surface area contributed by atoms with E-state index in [0.717, 1.165) is 17.6 Å². The van der Waals surface area contributed by atoms with Crippen LogP contribution in [0.1, 0.15) is 25.3 Å². The molecule has 0 aromatic carbocycles. The van der Waals surface area contributed by atoms with Gasteiger partial charge in [-0.25, -0.2) is 9.97 Å². The van der Waals surface area contributed by atoms with Crippen molar-refractivity contribution in [2.24, 2.45) is 5.92 Å². The molecule has 7 heteroatoms. The number of rotatable bonds is 2. The monoisotopic (exact) mass is 263 g/mol. The second kappa shape index (κ2) is 4.43. The molecule has 3 rings (SSSR count). The van der Waals surface area contributed by atoms with Gasteiger partial charge in [0.25, 0.3) is 0 Å². The van der Waals surface area contributed by atoms with Gasteiger partial charge >= 0.3 is 0 Å².